The van der Waals surface area contributed by atoms with Gasteiger partial charge in [0.25, 0.3) is 0 Å². The molecule has 1 N–H and O–H groups in total. The number of rotatable bonds is 3. The molecule has 1 aromatic carbocycles. The van der Waals surface area contributed by atoms with E-state index in [1.807, 2.05) is 0 Å². The summed E-state index contributed by atoms with van der Waals surface area (Å²) in [4.78, 5) is 10.2. The fourth-order valence-electron chi connectivity index (χ4n) is 1.18. The molecule has 0 saturated heterocycles. The Bertz CT molecular complexity index is 415. The maximum absolute atomic E-state index is 13.2. The van der Waals surface area contributed by atoms with Crippen molar-refractivity contribution in [2.24, 2.45) is 0 Å². The van der Waals surface area contributed by atoms with Gasteiger partial charge in [-0.2, -0.15) is 13.2 Å². The molecule has 0 aliphatic rings. The van der Waals surface area contributed by atoms with Crippen LogP contribution >= 0.6 is 0 Å². The van der Waals surface area contributed by atoms with E-state index in [1.165, 1.54) is 0 Å². The second kappa shape index (κ2) is 4.68. The first-order valence-corrected chi connectivity index (χ1v) is 4.41. The molecule has 0 aliphatic heterocycles. The lowest BCUT2D eigenvalue weighted by molar-refractivity contribution is -0.145. The Morgan fingerprint density at radius 1 is 1.24 bits per heavy atom. The Kier molecular flexibility index (Phi) is 3.69. The minimum absolute atomic E-state index is 0.389. The lowest BCUT2D eigenvalue weighted by Gasteiger charge is -2.12. The second-order valence-electron chi connectivity index (χ2n) is 3.26. The van der Waals surface area contributed by atoms with Gasteiger partial charge in [-0.15, -0.1) is 0 Å². The van der Waals surface area contributed by atoms with Crippen LogP contribution in [-0.4, -0.2) is 17.2 Å². The van der Waals surface area contributed by atoms with Gasteiger partial charge in [0.15, 0.2) is 6.17 Å². The van der Waals surface area contributed by atoms with Gasteiger partial charge in [-0.05, 0) is 17.7 Å². The molecule has 0 heterocycles. The molecule has 0 aromatic heterocycles. The fourth-order valence-corrected chi connectivity index (χ4v) is 1.18. The van der Waals surface area contributed by atoms with Crippen LogP contribution in [-0.2, 0) is 11.0 Å². The Hall–Kier alpha value is -1.66. The van der Waals surface area contributed by atoms with Crippen LogP contribution in [0.3, 0.4) is 0 Å². The third-order valence-electron chi connectivity index (χ3n) is 2.03. The van der Waals surface area contributed by atoms with Gasteiger partial charge in [-0.25, -0.2) is 13.6 Å². The fraction of sp³-hybridized carbons (Fsp3) is 0.300. The largest absolute Gasteiger partial charge is 0.479 e. The van der Waals surface area contributed by atoms with E-state index in [4.69, 9.17) is 5.11 Å². The van der Waals surface area contributed by atoms with Gasteiger partial charge in [-0.1, -0.05) is 12.1 Å². The Morgan fingerprint density at radius 2 is 1.82 bits per heavy atom. The van der Waals surface area contributed by atoms with Gasteiger partial charge in [-0.3, -0.25) is 0 Å². The zero-order chi connectivity index (χ0) is 13.2. The van der Waals surface area contributed by atoms with E-state index in [1.54, 1.807) is 0 Å². The van der Waals surface area contributed by atoms with Crippen LogP contribution in [0.15, 0.2) is 24.3 Å². The van der Waals surface area contributed by atoms with Crippen molar-refractivity contribution in [1.82, 2.24) is 0 Å². The topological polar surface area (TPSA) is 37.3 Å². The van der Waals surface area contributed by atoms with Crippen molar-refractivity contribution in [2.75, 3.05) is 0 Å². The van der Waals surface area contributed by atoms with Gasteiger partial charge in [0, 0.05) is 0 Å². The molecule has 2 unspecified atom stereocenters. The van der Waals surface area contributed by atoms with Crippen molar-refractivity contribution in [1.29, 1.82) is 0 Å². The highest BCUT2D eigenvalue weighted by molar-refractivity contribution is 5.73. The Labute approximate surface area is 92.7 Å². The Balaban J connectivity index is 3.04. The van der Waals surface area contributed by atoms with Crippen molar-refractivity contribution in [3.05, 3.63) is 35.4 Å². The van der Waals surface area contributed by atoms with E-state index in [0.717, 1.165) is 12.1 Å². The van der Waals surface area contributed by atoms with E-state index in [-0.39, 0.29) is 0 Å². The molecule has 2 atom stereocenters. The van der Waals surface area contributed by atoms with Crippen molar-refractivity contribution >= 4 is 5.97 Å². The van der Waals surface area contributed by atoms with E-state index in [9.17, 15) is 26.7 Å². The number of benzene rings is 1. The van der Waals surface area contributed by atoms with Crippen LogP contribution in [0.4, 0.5) is 22.0 Å². The molecule has 1 rings (SSSR count). The first-order chi connectivity index (χ1) is 7.73. The number of halogens is 5. The lowest BCUT2D eigenvalue weighted by atomic mass is 10.0. The molecule has 0 radical (unpaired) electrons. The molecule has 0 fully saturated rings. The molecule has 0 bridgehead atoms. The summed E-state index contributed by atoms with van der Waals surface area (Å²) in [5.74, 6) is -2.06. The molecule has 0 saturated carbocycles. The van der Waals surface area contributed by atoms with E-state index in [2.05, 4.69) is 0 Å². The van der Waals surface area contributed by atoms with Crippen LogP contribution in [0.1, 0.15) is 17.3 Å². The number of carbonyl (C=O) groups is 1. The zero-order valence-electron chi connectivity index (χ0n) is 8.21. The molecule has 0 aliphatic carbocycles. The summed E-state index contributed by atoms with van der Waals surface area (Å²) in [6.07, 6.45) is -10.2. The van der Waals surface area contributed by atoms with Crippen molar-refractivity contribution in [2.45, 2.75) is 18.5 Å². The molecule has 0 amide bonds. The van der Waals surface area contributed by atoms with Crippen LogP contribution in [0.5, 0.6) is 0 Å². The highest BCUT2D eigenvalue weighted by Crippen LogP contribution is 2.32. The first-order valence-electron chi connectivity index (χ1n) is 4.41. The summed E-state index contributed by atoms with van der Waals surface area (Å²) in [6, 6.07) is 2.86. The summed E-state index contributed by atoms with van der Waals surface area (Å²) in [5.41, 5.74) is -1.81. The minimum Gasteiger partial charge on any atom is -0.479 e. The molecular weight excluding hydrogens is 247 g/mol. The maximum Gasteiger partial charge on any atom is 0.416 e. The molecule has 94 valence electrons. The zero-order valence-corrected chi connectivity index (χ0v) is 8.21. The van der Waals surface area contributed by atoms with Gasteiger partial charge < -0.3 is 5.11 Å². The summed E-state index contributed by atoms with van der Waals surface area (Å²) >= 11 is 0. The molecule has 2 nitrogen and oxygen atoms in total. The average molecular weight is 254 g/mol. The van der Waals surface area contributed by atoms with Crippen LogP contribution < -0.4 is 0 Å². The molecule has 17 heavy (non-hydrogen) atoms. The minimum atomic E-state index is -4.69. The van der Waals surface area contributed by atoms with Crippen molar-refractivity contribution < 1.29 is 31.9 Å². The third kappa shape index (κ3) is 3.15. The monoisotopic (exact) mass is 254 g/mol. The van der Waals surface area contributed by atoms with Gasteiger partial charge in [0.2, 0.25) is 6.17 Å². The van der Waals surface area contributed by atoms with E-state index >= 15 is 0 Å². The molecule has 0 spiro atoms. The lowest BCUT2D eigenvalue weighted by Crippen LogP contribution is -2.21. The maximum atomic E-state index is 13.2. The van der Waals surface area contributed by atoms with Crippen LogP contribution in [0.2, 0.25) is 0 Å². The molecule has 7 heteroatoms. The number of hydrogen-bond donors (Lipinski definition) is 1. The quantitative estimate of drug-likeness (QED) is 0.841. The second-order valence-corrected chi connectivity index (χ2v) is 3.26. The number of hydrogen-bond acceptors (Lipinski definition) is 1. The predicted octanol–water partition coefficient (Wildman–Crippen LogP) is 3.14. The van der Waals surface area contributed by atoms with E-state index in [0.29, 0.717) is 12.1 Å². The highest BCUT2D eigenvalue weighted by Gasteiger charge is 2.33. The first kappa shape index (κ1) is 13.4. The van der Waals surface area contributed by atoms with Crippen molar-refractivity contribution in [3.8, 4) is 0 Å². The Morgan fingerprint density at radius 3 is 2.29 bits per heavy atom. The molecular formula is C10H7F5O2. The molecule has 1 aromatic rings. The van der Waals surface area contributed by atoms with E-state index < -0.39 is 35.6 Å². The SMILES string of the molecule is O=C(O)C(F)C(F)c1cccc(C(F)(F)F)c1. The van der Waals surface area contributed by atoms with Gasteiger partial charge in [0.05, 0.1) is 5.56 Å². The summed E-state index contributed by atoms with van der Waals surface area (Å²) in [6.45, 7) is 0. The van der Waals surface area contributed by atoms with Crippen molar-refractivity contribution in [3.63, 3.8) is 0 Å². The van der Waals surface area contributed by atoms with Crippen LogP contribution in [0.25, 0.3) is 0 Å². The standard InChI is InChI=1S/C10H7F5O2/c11-7(8(12)9(16)17)5-2-1-3-6(4-5)10(13,14)15/h1-4,7-8H,(H,16,17). The summed E-state index contributed by atoms with van der Waals surface area (Å²) < 4.78 is 62.8. The summed E-state index contributed by atoms with van der Waals surface area (Å²) in [7, 11) is 0. The predicted molar refractivity (Wildman–Crippen MR) is 47.8 cm³/mol. The van der Waals surface area contributed by atoms with Crippen LogP contribution in [0, 0.1) is 0 Å². The smallest absolute Gasteiger partial charge is 0.416 e. The highest BCUT2D eigenvalue weighted by atomic mass is 19.4. The number of carboxylic acids is 1. The van der Waals surface area contributed by atoms with Gasteiger partial charge >= 0.3 is 12.1 Å². The average Bonchev–Trinajstić information content (AvgIpc) is 2.26. The summed E-state index contributed by atoms with van der Waals surface area (Å²) in [5, 5.41) is 8.21. The normalized spacial score (nSPS) is 15.4. The number of carboxylic acid groups (broad SMARTS) is 1. The number of aliphatic carboxylic acids is 1. The third-order valence-corrected chi connectivity index (χ3v) is 2.03. The number of alkyl halides is 5. The van der Waals surface area contributed by atoms with Gasteiger partial charge in [0.1, 0.15) is 0 Å².